The maximum Gasteiger partial charge on any atom is 0.355 e. The Morgan fingerprint density at radius 2 is 2.10 bits per heavy atom. The lowest BCUT2D eigenvalue weighted by molar-refractivity contribution is -0.157. The summed E-state index contributed by atoms with van der Waals surface area (Å²) >= 11 is 1.48. The van der Waals surface area contributed by atoms with E-state index in [1.807, 2.05) is 0 Å². The van der Waals surface area contributed by atoms with Gasteiger partial charge >= 0.3 is 11.9 Å². The standard InChI is InChI=1S/C19H26N4O6S/c1-10(24)28-7-11-9-30-16-13(22-18-20-6-12(21-18)8-27-5)15(25)23(16)14(11)17(26)29-19(2,3)4/h6,13,16H,7-9H2,1-5H3,(H2,20,21,22)/t13?,16-/m1/s1. The Bertz CT molecular complexity index is 875. The number of esters is 2. The SMILES string of the molecule is COCc1c[nH]c(NC2C(=O)N3C(C(=O)OC(C)(C)C)=C(COC(C)=O)CS[C@H]23)n1. The number of carbonyl (C=O) groups is 3. The number of methoxy groups -OCH3 is 1. The summed E-state index contributed by atoms with van der Waals surface area (Å²) in [5.41, 5.74) is 0.678. The van der Waals surface area contributed by atoms with Crippen molar-refractivity contribution < 1.29 is 28.6 Å². The fourth-order valence-corrected chi connectivity index (χ4v) is 4.43. The highest BCUT2D eigenvalue weighted by Gasteiger charge is 2.54. The molecule has 1 amide bonds. The molecule has 2 aliphatic heterocycles. The number of hydrogen-bond acceptors (Lipinski definition) is 9. The number of β-lactam (4-membered cyclic amide) rings is 1. The summed E-state index contributed by atoms with van der Waals surface area (Å²) in [6.45, 7) is 6.84. The number of rotatable bonds is 7. The Labute approximate surface area is 178 Å². The maximum absolute atomic E-state index is 12.9. The van der Waals surface area contributed by atoms with Crippen molar-refractivity contribution in [1.82, 2.24) is 14.9 Å². The quantitative estimate of drug-likeness (QED) is 0.480. The molecule has 30 heavy (non-hydrogen) atoms. The van der Waals surface area contributed by atoms with Gasteiger partial charge in [0.05, 0.1) is 12.3 Å². The predicted octanol–water partition coefficient (Wildman–Crippen LogP) is 1.41. The fourth-order valence-electron chi connectivity index (χ4n) is 3.10. The normalized spacial score (nSPS) is 21.1. The molecular weight excluding hydrogens is 412 g/mol. The van der Waals surface area contributed by atoms with Gasteiger partial charge in [-0.05, 0) is 20.8 Å². The van der Waals surface area contributed by atoms with Gasteiger partial charge in [-0.2, -0.15) is 0 Å². The molecule has 0 radical (unpaired) electrons. The van der Waals surface area contributed by atoms with Gasteiger partial charge in [-0.1, -0.05) is 0 Å². The molecule has 0 saturated carbocycles. The van der Waals surface area contributed by atoms with E-state index < -0.39 is 23.6 Å². The van der Waals surface area contributed by atoms with E-state index in [1.165, 1.54) is 23.6 Å². The molecule has 2 atom stereocenters. The van der Waals surface area contributed by atoms with Gasteiger partial charge in [0.1, 0.15) is 29.3 Å². The van der Waals surface area contributed by atoms with E-state index in [-0.39, 0.29) is 23.6 Å². The first-order chi connectivity index (χ1) is 14.1. The molecule has 1 aromatic rings. The average molecular weight is 439 g/mol. The fraction of sp³-hybridized carbons (Fsp3) is 0.579. The van der Waals surface area contributed by atoms with Crippen molar-refractivity contribution in [2.75, 3.05) is 24.8 Å². The minimum atomic E-state index is -0.728. The molecule has 10 nitrogen and oxygen atoms in total. The minimum absolute atomic E-state index is 0.0654. The summed E-state index contributed by atoms with van der Waals surface area (Å²) in [7, 11) is 1.58. The summed E-state index contributed by atoms with van der Waals surface area (Å²) in [5.74, 6) is -0.464. The summed E-state index contributed by atoms with van der Waals surface area (Å²) in [6.07, 6.45) is 1.70. The van der Waals surface area contributed by atoms with Crippen LogP contribution in [0.1, 0.15) is 33.4 Å². The zero-order chi connectivity index (χ0) is 22.1. The molecule has 0 bridgehead atoms. The van der Waals surface area contributed by atoms with Crippen LogP contribution in [-0.2, 0) is 35.2 Å². The van der Waals surface area contributed by atoms with Crippen LogP contribution in [0.15, 0.2) is 17.5 Å². The van der Waals surface area contributed by atoms with Crippen LogP contribution >= 0.6 is 11.8 Å². The number of H-pyrrole nitrogens is 1. The Morgan fingerprint density at radius 1 is 1.37 bits per heavy atom. The zero-order valence-corrected chi connectivity index (χ0v) is 18.4. The third-order valence-corrected chi connectivity index (χ3v) is 5.64. The van der Waals surface area contributed by atoms with Gasteiger partial charge in [0.15, 0.2) is 0 Å². The van der Waals surface area contributed by atoms with Crippen LogP contribution in [0.25, 0.3) is 0 Å². The third kappa shape index (κ3) is 4.78. The smallest absolute Gasteiger partial charge is 0.355 e. The molecule has 0 spiro atoms. The van der Waals surface area contributed by atoms with Gasteiger partial charge in [0, 0.05) is 31.6 Å². The predicted molar refractivity (Wildman–Crippen MR) is 109 cm³/mol. The van der Waals surface area contributed by atoms with Crippen LogP contribution in [0.3, 0.4) is 0 Å². The molecule has 2 N–H and O–H groups in total. The third-order valence-electron chi connectivity index (χ3n) is 4.30. The highest BCUT2D eigenvalue weighted by atomic mass is 32.2. The number of carbonyl (C=O) groups excluding carboxylic acids is 3. The van der Waals surface area contributed by atoms with E-state index in [0.717, 1.165) is 0 Å². The average Bonchev–Trinajstić information content (AvgIpc) is 3.09. The molecule has 3 heterocycles. The summed E-state index contributed by atoms with van der Waals surface area (Å²) < 4.78 is 15.6. The van der Waals surface area contributed by atoms with E-state index in [9.17, 15) is 14.4 Å². The molecule has 11 heteroatoms. The number of ether oxygens (including phenoxy) is 3. The molecule has 3 rings (SSSR count). The number of imidazole rings is 1. The second kappa shape index (κ2) is 8.68. The highest BCUT2D eigenvalue weighted by Crippen LogP contribution is 2.42. The maximum atomic E-state index is 12.9. The van der Waals surface area contributed by atoms with Crippen LogP contribution < -0.4 is 5.32 Å². The van der Waals surface area contributed by atoms with Crippen LogP contribution in [0, 0.1) is 0 Å². The van der Waals surface area contributed by atoms with Gasteiger partial charge < -0.3 is 24.5 Å². The minimum Gasteiger partial charge on any atom is -0.461 e. The lowest BCUT2D eigenvalue weighted by Gasteiger charge is -2.49. The number of nitrogens with one attached hydrogen (secondary N) is 2. The van der Waals surface area contributed by atoms with Gasteiger partial charge in [0.25, 0.3) is 5.91 Å². The molecule has 0 aromatic carbocycles. The lowest BCUT2D eigenvalue weighted by Crippen LogP contribution is -2.68. The largest absolute Gasteiger partial charge is 0.461 e. The molecule has 1 fully saturated rings. The monoisotopic (exact) mass is 438 g/mol. The van der Waals surface area contributed by atoms with Gasteiger partial charge in [-0.15, -0.1) is 11.8 Å². The van der Waals surface area contributed by atoms with E-state index in [0.29, 0.717) is 29.6 Å². The van der Waals surface area contributed by atoms with E-state index in [4.69, 9.17) is 14.2 Å². The number of aromatic nitrogens is 2. The van der Waals surface area contributed by atoms with Crippen LogP contribution in [0.5, 0.6) is 0 Å². The van der Waals surface area contributed by atoms with Crippen molar-refractivity contribution >= 4 is 35.6 Å². The van der Waals surface area contributed by atoms with Crippen molar-refractivity contribution in [3.05, 3.63) is 23.2 Å². The Morgan fingerprint density at radius 3 is 2.73 bits per heavy atom. The van der Waals surface area contributed by atoms with Crippen molar-refractivity contribution in [2.45, 2.75) is 51.3 Å². The van der Waals surface area contributed by atoms with E-state index in [1.54, 1.807) is 34.1 Å². The summed E-state index contributed by atoms with van der Waals surface area (Å²) in [6, 6.07) is -0.552. The second-order valence-corrected chi connectivity index (χ2v) is 9.04. The first kappa shape index (κ1) is 22.2. The van der Waals surface area contributed by atoms with Crippen molar-refractivity contribution in [3.63, 3.8) is 0 Å². The number of fused-ring (bicyclic) bond motifs is 1. The zero-order valence-electron chi connectivity index (χ0n) is 17.6. The Kier molecular flexibility index (Phi) is 6.41. The van der Waals surface area contributed by atoms with Crippen molar-refractivity contribution in [3.8, 4) is 0 Å². The lowest BCUT2D eigenvalue weighted by atomic mass is 10.0. The number of nitrogens with zero attached hydrogens (tertiary/aromatic N) is 2. The molecule has 1 aromatic heterocycles. The number of anilines is 1. The van der Waals surface area contributed by atoms with Gasteiger partial charge in [-0.3, -0.25) is 14.5 Å². The van der Waals surface area contributed by atoms with Crippen molar-refractivity contribution in [1.29, 1.82) is 0 Å². The summed E-state index contributed by atoms with van der Waals surface area (Å²) in [4.78, 5) is 45.8. The van der Waals surface area contributed by atoms with Gasteiger partial charge in [0.2, 0.25) is 5.95 Å². The Hall–Kier alpha value is -2.53. The topological polar surface area (TPSA) is 123 Å². The van der Waals surface area contributed by atoms with E-state index >= 15 is 0 Å². The molecular formula is C19H26N4O6S. The first-order valence-electron chi connectivity index (χ1n) is 9.44. The van der Waals surface area contributed by atoms with Crippen LogP contribution in [-0.4, -0.2) is 69.2 Å². The van der Waals surface area contributed by atoms with Crippen molar-refractivity contribution in [2.24, 2.45) is 0 Å². The Balaban J connectivity index is 1.80. The van der Waals surface area contributed by atoms with Crippen LogP contribution in [0.4, 0.5) is 5.95 Å². The number of aromatic amines is 1. The molecule has 1 saturated heterocycles. The molecule has 164 valence electrons. The van der Waals surface area contributed by atoms with Crippen LogP contribution in [0.2, 0.25) is 0 Å². The molecule has 1 unspecified atom stereocenters. The second-order valence-electron chi connectivity index (χ2n) is 7.94. The molecule has 0 aliphatic carbocycles. The van der Waals surface area contributed by atoms with E-state index in [2.05, 4.69) is 15.3 Å². The van der Waals surface area contributed by atoms with Gasteiger partial charge in [-0.25, -0.2) is 9.78 Å². The molecule has 2 aliphatic rings. The highest BCUT2D eigenvalue weighted by molar-refractivity contribution is 8.00. The first-order valence-corrected chi connectivity index (χ1v) is 10.5. The number of hydrogen-bond donors (Lipinski definition) is 2. The number of thioether (sulfide) groups is 1. The number of amides is 1. The summed E-state index contributed by atoms with van der Waals surface area (Å²) in [5, 5.41) is 2.78.